The molecule has 0 heterocycles. The molecule has 0 N–H and O–H groups in total. The molecule has 78 valence electrons. The number of hydrogen-bond acceptors (Lipinski definition) is 2. The molecule has 0 aliphatic rings. The molecule has 0 bridgehead atoms. The molecule has 0 aromatic carbocycles. The molecule has 0 saturated carbocycles. The molecule has 0 aromatic rings. The Bertz CT molecular complexity index is 133. The fraction of sp³-hybridized carbons (Fsp3) is 0.900. The van der Waals surface area contributed by atoms with Gasteiger partial charge in [-0.05, 0) is 26.2 Å². The van der Waals surface area contributed by atoms with Crippen LogP contribution in [0.15, 0.2) is 0 Å². The zero-order valence-corrected chi connectivity index (χ0v) is 8.59. The maximum Gasteiger partial charge on any atom is 0.309 e. The summed E-state index contributed by atoms with van der Waals surface area (Å²) in [7, 11) is 0. The molecule has 0 rings (SSSR count). The van der Waals surface area contributed by atoms with Gasteiger partial charge in [-0.25, -0.2) is 0 Å². The van der Waals surface area contributed by atoms with E-state index in [1.807, 2.05) is 27.7 Å². The predicted molar refractivity (Wildman–Crippen MR) is 59.9 cm³/mol. The number of hydrogen-bond donors (Lipinski definition) is 0. The molecule has 13 heavy (non-hydrogen) atoms. The summed E-state index contributed by atoms with van der Waals surface area (Å²) in [5, 5.41) is 0. The molecule has 0 spiro atoms. The quantitative estimate of drug-likeness (QED) is 0.500. The van der Waals surface area contributed by atoms with Crippen LogP contribution < -0.4 is 0 Å². The maximum absolute atomic E-state index is 11.4. The Balaban J connectivity index is 0. The van der Waals surface area contributed by atoms with Crippen molar-refractivity contribution < 1.29 is 9.53 Å². The van der Waals surface area contributed by atoms with E-state index in [4.69, 9.17) is 4.74 Å². The fourth-order valence-electron chi connectivity index (χ4n) is 1.000. The topological polar surface area (TPSA) is 26.3 Å². The zero-order chi connectivity index (χ0) is 9.56. The minimum Gasteiger partial charge on any atom is -0.462 e. The highest BCUT2D eigenvalue weighted by atomic mass is 27.0. The van der Waals surface area contributed by atoms with Gasteiger partial charge in [0.15, 0.2) is 17.4 Å². The first-order valence-electron chi connectivity index (χ1n) is 4.86. The Kier molecular flexibility index (Phi) is 10.2. The summed E-state index contributed by atoms with van der Waals surface area (Å²) in [6, 6.07) is 0. The number of rotatable bonds is 5. The van der Waals surface area contributed by atoms with Gasteiger partial charge in [-0.15, -0.1) is 0 Å². The van der Waals surface area contributed by atoms with Gasteiger partial charge in [0.25, 0.3) is 0 Å². The molecule has 0 amide bonds. The Hall–Kier alpha value is 0.00247. The van der Waals surface area contributed by atoms with Crippen LogP contribution >= 0.6 is 0 Å². The maximum atomic E-state index is 11.4. The van der Waals surface area contributed by atoms with Gasteiger partial charge in [0.05, 0.1) is 12.0 Å². The van der Waals surface area contributed by atoms with Gasteiger partial charge in [-0.3, -0.25) is 4.79 Å². The second-order valence-electron chi connectivity index (χ2n) is 3.17. The molecule has 0 fully saturated rings. The summed E-state index contributed by atoms with van der Waals surface area (Å²) >= 11 is 0. The van der Waals surface area contributed by atoms with Crippen LogP contribution in [-0.4, -0.2) is 29.4 Å². The largest absolute Gasteiger partial charge is 0.462 e. The molecule has 0 radical (unpaired) electrons. The standard InChI is InChI=1S/C10H20O2.Al.3H/c1-5-8(4)12-10(11)9(6-2)7-3;;;;/h8-9H,5-7H2,1-4H3;;;;. The van der Waals surface area contributed by atoms with Crippen molar-refractivity contribution in [2.24, 2.45) is 5.92 Å². The van der Waals surface area contributed by atoms with E-state index in [0.29, 0.717) is 0 Å². The lowest BCUT2D eigenvalue weighted by molar-refractivity contribution is -0.153. The van der Waals surface area contributed by atoms with Gasteiger partial charge in [0, 0.05) is 0 Å². The van der Waals surface area contributed by atoms with Gasteiger partial charge in [-0.1, -0.05) is 20.8 Å². The van der Waals surface area contributed by atoms with Crippen molar-refractivity contribution >= 4 is 23.3 Å². The van der Waals surface area contributed by atoms with Gasteiger partial charge < -0.3 is 4.74 Å². The van der Waals surface area contributed by atoms with Crippen LogP contribution in [0.4, 0.5) is 0 Å². The van der Waals surface area contributed by atoms with Crippen molar-refractivity contribution in [3.8, 4) is 0 Å². The van der Waals surface area contributed by atoms with Crippen molar-refractivity contribution in [1.29, 1.82) is 0 Å². The lowest BCUT2D eigenvalue weighted by atomic mass is 10.0. The molecule has 2 nitrogen and oxygen atoms in total. The average molecular weight is 202 g/mol. The summed E-state index contributed by atoms with van der Waals surface area (Å²) in [4.78, 5) is 11.4. The molecular formula is C10H23AlO2. The van der Waals surface area contributed by atoms with Crippen molar-refractivity contribution in [1.82, 2.24) is 0 Å². The van der Waals surface area contributed by atoms with Crippen LogP contribution in [0.1, 0.15) is 47.0 Å². The van der Waals surface area contributed by atoms with E-state index >= 15 is 0 Å². The first-order chi connectivity index (χ1) is 5.65. The molecule has 0 aliphatic carbocycles. The van der Waals surface area contributed by atoms with Gasteiger partial charge in [-0.2, -0.15) is 0 Å². The Morgan fingerprint density at radius 1 is 1.15 bits per heavy atom. The van der Waals surface area contributed by atoms with E-state index in [1.54, 1.807) is 0 Å². The highest BCUT2D eigenvalue weighted by molar-refractivity contribution is 5.75. The smallest absolute Gasteiger partial charge is 0.309 e. The monoisotopic (exact) mass is 202 g/mol. The van der Waals surface area contributed by atoms with Gasteiger partial charge in [0.2, 0.25) is 0 Å². The zero-order valence-electron chi connectivity index (χ0n) is 8.59. The third kappa shape index (κ3) is 6.12. The van der Waals surface area contributed by atoms with E-state index in [9.17, 15) is 4.79 Å². The van der Waals surface area contributed by atoms with E-state index in [2.05, 4.69) is 0 Å². The summed E-state index contributed by atoms with van der Waals surface area (Å²) in [6.45, 7) is 7.99. The predicted octanol–water partition coefficient (Wildman–Crippen LogP) is 1.58. The normalized spacial score (nSPS) is 12.1. The highest BCUT2D eigenvalue weighted by Crippen LogP contribution is 2.11. The molecule has 0 saturated heterocycles. The molecule has 0 aliphatic heterocycles. The van der Waals surface area contributed by atoms with E-state index in [1.165, 1.54) is 0 Å². The van der Waals surface area contributed by atoms with Crippen LogP contribution in [-0.2, 0) is 9.53 Å². The summed E-state index contributed by atoms with van der Waals surface area (Å²) in [5.41, 5.74) is 0. The van der Waals surface area contributed by atoms with Crippen molar-refractivity contribution in [3.05, 3.63) is 0 Å². The second-order valence-corrected chi connectivity index (χ2v) is 3.17. The lowest BCUT2D eigenvalue weighted by Crippen LogP contribution is -2.21. The fourth-order valence-corrected chi connectivity index (χ4v) is 1.000. The number of carbonyl (C=O) groups excluding carboxylic acids is 1. The van der Waals surface area contributed by atoms with Crippen molar-refractivity contribution in [2.45, 2.75) is 53.1 Å². The Morgan fingerprint density at radius 2 is 1.62 bits per heavy atom. The SMILES string of the molecule is CCC(C)OC(=O)C(CC)CC.[AlH3]. The molecule has 0 aromatic heterocycles. The van der Waals surface area contributed by atoms with Crippen LogP contribution in [0.25, 0.3) is 0 Å². The van der Waals surface area contributed by atoms with E-state index in [0.717, 1.165) is 19.3 Å². The van der Waals surface area contributed by atoms with Crippen molar-refractivity contribution in [3.63, 3.8) is 0 Å². The third-order valence-corrected chi connectivity index (χ3v) is 2.21. The van der Waals surface area contributed by atoms with E-state index in [-0.39, 0.29) is 35.4 Å². The van der Waals surface area contributed by atoms with Crippen LogP contribution in [0.2, 0.25) is 0 Å². The summed E-state index contributed by atoms with van der Waals surface area (Å²) in [5.74, 6) is 0.0633. The van der Waals surface area contributed by atoms with E-state index < -0.39 is 0 Å². The lowest BCUT2D eigenvalue weighted by Gasteiger charge is -2.15. The first-order valence-corrected chi connectivity index (χ1v) is 4.86. The average Bonchev–Trinajstić information content (AvgIpc) is 2.06. The van der Waals surface area contributed by atoms with Crippen LogP contribution in [0.5, 0.6) is 0 Å². The Morgan fingerprint density at radius 3 is 1.92 bits per heavy atom. The van der Waals surface area contributed by atoms with Gasteiger partial charge in [0.1, 0.15) is 0 Å². The summed E-state index contributed by atoms with van der Waals surface area (Å²) in [6.07, 6.45) is 2.72. The summed E-state index contributed by atoms with van der Waals surface area (Å²) < 4.78 is 5.20. The Labute approximate surface area is 92.2 Å². The van der Waals surface area contributed by atoms with Gasteiger partial charge >= 0.3 is 5.97 Å². The second kappa shape index (κ2) is 8.59. The third-order valence-electron chi connectivity index (χ3n) is 2.21. The molecular weight excluding hydrogens is 179 g/mol. The van der Waals surface area contributed by atoms with Crippen molar-refractivity contribution in [2.75, 3.05) is 0 Å². The van der Waals surface area contributed by atoms with Crippen LogP contribution in [0, 0.1) is 5.92 Å². The molecule has 1 unspecified atom stereocenters. The first kappa shape index (κ1) is 15.5. The highest BCUT2D eigenvalue weighted by Gasteiger charge is 2.17. The number of ether oxygens (including phenoxy) is 1. The molecule has 3 heteroatoms. The number of esters is 1. The minimum absolute atomic E-state index is 0. The van der Waals surface area contributed by atoms with Crippen LogP contribution in [0.3, 0.4) is 0 Å². The number of carbonyl (C=O) groups is 1. The minimum atomic E-state index is -0.0330. The molecule has 1 atom stereocenters.